The van der Waals surface area contributed by atoms with Gasteiger partial charge in [0.25, 0.3) is 0 Å². The highest BCUT2D eigenvalue weighted by Crippen LogP contribution is 2.20. The summed E-state index contributed by atoms with van der Waals surface area (Å²) in [5.74, 6) is 0. The Balaban J connectivity index is 1.45. The first-order valence-corrected chi connectivity index (χ1v) is 11.0. The van der Waals surface area contributed by atoms with Crippen LogP contribution in [0.2, 0.25) is 0 Å². The lowest BCUT2D eigenvalue weighted by Gasteiger charge is -2.13. The molecule has 0 aliphatic heterocycles. The van der Waals surface area contributed by atoms with Crippen molar-refractivity contribution in [3.8, 4) is 11.3 Å². The van der Waals surface area contributed by atoms with Crippen molar-refractivity contribution in [2.24, 2.45) is 0 Å². The number of nitrogens with zero attached hydrogens (tertiary/aromatic N) is 3. The van der Waals surface area contributed by atoms with E-state index in [2.05, 4.69) is 85.9 Å². The third-order valence-electron chi connectivity index (χ3n) is 5.54. The van der Waals surface area contributed by atoms with E-state index >= 15 is 0 Å². The minimum absolute atomic E-state index is 0.395. The van der Waals surface area contributed by atoms with E-state index in [1.165, 1.54) is 16.7 Å². The van der Waals surface area contributed by atoms with Gasteiger partial charge in [-0.25, -0.2) is 0 Å². The fraction of sp³-hybridized carbons (Fsp3) is 0.259. The molecular formula is C27H30N4. The van der Waals surface area contributed by atoms with Crippen molar-refractivity contribution in [2.75, 3.05) is 0 Å². The Morgan fingerprint density at radius 1 is 0.806 bits per heavy atom. The molecule has 0 aliphatic carbocycles. The predicted octanol–water partition coefficient (Wildman–Crippen LogP) is 5.41. The van der Waals surface area contributed by atoms with Gasteiger partial charge in [-0.2, -0.15) is 15.0 Å². The zero-order chi connectivity index (χ0) is 21.5. The maximum Gasteiger partial charge on any atom is 0.117 e. The SMILES string of the molecule is Cc1ccc(Cn2nc(CN[C@H](C)CCc3ccccc3)c(-c3ccccc3)n2)cc1. The Labute approximate surface area is 185 Å². The molecule has 0 unspecified atom stereocenters. The number of benzene rings is 3. The van der Waals surface area contributed by atoms with Gasteiger partial charge >= 0.3 is 0 Å². The molecule has 4 nitrogen and oxygen atoms in total. The van der Waals surface area contributed by atoms with Crippen molar-refractivity contribution in [1.82, 2.24) is 20.3 Å². The number of aryl methyl sites for hydroxylation is 2. The maximum atomic E-state index is 4.84. The second-order valence-corrected chi connectivity index (χ2v) is 8.18. The van der Waals surface area contributed by atoms with Crippen molar-refractivity contribution < 1.29 is 0 Å². The number of rotatable bonds is 9. The monoisotopic (exact) mass is 410 g/mol. The quantitative estimate of drug-likeness (QED) is 0.401. The van der Waals surface area contributed by atoms with Crippen LogP contribution in [0.5, 0.6) is 0 Å². The van der Waals surface area contributed by atoms with Crippen LogP contribution in [0.4, 0.5) is 0 Å². The van der Waals surface area contributed by atoms with Gasteiger partial charge in [0.1, 0.15) is 11.4 Å². The van der Waals surface area contributed by atoms with Gasteiger partial charge < -0.3 is 5.32 Å². The van der Waals surface area contributed by atoms with E-state index in [4.69, 9.17) is 10.2 Å². The maximum absolute atomic E-state index is 4.84. The highest BCUT2D eigenvalue weighted by Gasteiger charge is 2.14. The molecule has 1 aromatic heterocycles. The van der Waals surface area contributed by atoms with Gasteiger partial charge in [0.05, 0.1) is 6.54 Å². The second kappa shape index (κ2) is 10.2. The highest BCUT2D eigenvalue weighted by atomic mass is 15.5. The molecule has 4 aromatic rings. The van der Waals surface area contributed by atoms with E-state index in [-0.39, 0.29) is 0 Å². The van der Waals surface area contributed by atoms with E-state index < -0.39 is 0 Å². The van der Waals surface area contributed by atoms with Gasteiger partial charge in [-0.05, 0) is 37.8 Å². The molecule has 0 radical (unpaired) electrons. The zero-order valence-electron chi connectivity index (χ0n) is 18.3. The number of hydrogen-bond donors (Lipinski definition) is 1. The van der Waals surface area contributed by atoms with Crippen molar-refractivity contribution >= 4 is 0 Å². The fourth-order valence-electron chi connectivity index (χ4n) is 3.65. The summed E-state index contributed by atoms with van der Waals surface area (Å²) in [5, 5.41) is 13.3. The molecule has 1 N–H and O–H groups in total. The van der Waals surface area contributed by atoms with Crippen molar-refractivity contribution in [2.45, 2.75) is 45.8 Å². The van der Waals surface area contributed by atoms with E-state index in [1.807, 2.05) is 23.0 Å². The van der Waals surface area contributed by atoms with E-state index in [1.54, 1.807) is 0 Å². The van der Waals surface area contributed by atoms with Crippen LogP contribution in [-0.2, 0) is 19.5 Å². The summed E-state index contributed by atoms with van der Waals surface area (Å²) in [6.07, 6.45) is 2.16. The van der Waals surface area contributed by atoms with Crippen LogP contribution in [0.25, 0.3) is 11.3 Å². The van der Waals surface area contributed by atoms with Gasteiger partial charge in [-0.1, -0.05) is 90.5 Å². The Morgan fingerprint density at radius 2 is 1.48 bits per heavy atom. The Morgan fingerprint density at radius 3 is 2.19 bits per heavy atom. The molecule has 0 spiro atoms. The van der Waals surface area contributed by atoms with Gasteiger partial charge in [-0.3, -0.25) is 0 Å². The van der Waals surface area contributed by atoms with Crippen LogP contribution in [0.1, 0.15) is 35.7 Å². The standard InChI is InChI=1S/C27H30N4/c1-21-13-16-24(17-14-21)20-31-29-26(27(30-31)25-11-7-4-8-12-25)19-28-22(2)15-18-23-9-5-3-6-10-23/h3-14,16-17,22,28H,15,18-20H2,1-2H3/t22-/m1/s1. The van der Waals surface area contributed by atoms with Crippen LogP contribution in [0.15, 0.2) is 84.9 Å². The Hall–Kier alpha value is -3.24. The lowest BCUT2D eigenvalue weighted by molar-refractivity contribution is 0.503. The van der Waals surface area contributed by atoms with Crippen molar-refractivity contribution in [3.05, 3.63) is 107 Å². The molecular weight excluding hydrogens is 380 g/mol. The minimum atomic E-state index is 0.395. The molecule has 1 heterocycles. The highest BCUT2D eigenvalue weighted by molar-refractivity contribution is 5.60. The summed E-state index contributed by atoms with van der Waals surface area (Å²) in [6.45, 7) is 5.71. The third-order valence-corrected chi connectivity index (χ3v) is 5.54. The van der Waals surface area contributed by atoms with Crippen molar-refractivity contribution in [1.29, 1.82) is 0 Å². The van der Waals surface area contributed by atoms with Gasteiger partial charge in [-0.15, -0.1) is 0 Å². The van der Waals surface area contributed by atoms with Gasteiger partial charge in [0.2, 0.25) is 0 Å². The fourth-order valence-corrected chi connectivity index (χ4v) is 3.65. The summed E-state index contributed by atoms with van der Waals surface area (Å²) in [4.78, 5) is 1.82. The molecule has 3 aromatic carbocycles. The molecule has 0 bridgehead atoms. The molecule has 1 atom stereocenters. The normalized spacial score (nSPS) is 12.1. The molecule has 4 rings (SSSR count). The first kappa shape index (κ1) is 21.0. The number of nitrogens with one attached hydrogen (secondary N) is 1. The van der Waals surface area contributed by atoms with Crippen LogP contribution in [0, 0.1) is 6.92 Å². The molecule has 0 saturated heterocycles. The van der Waals surface area contributed by atoms with E-state index in [0.717, 1.165) is 29.8 Å². The lowest BCUT2D eigenvalue weighted by Crippen LogP contribution is -2.26. The summed E-state index contributed by atoms with van der Waals surface area (Å²) < 4.78 is 0. The predicted molar refractivity (Wildman–Crippen MR) is 127 cm³/mol. The van der Waals surface area contributed by atoms with Crippen LogP contribution >= 0.6 is 0 Å². The topological polar surface area (TPSA) is 42.7 Å². The summed E-state index contributed by atoms with van der Waals surface area (Å²) in [6, 6.07) is 29.9. The van der Waals surface area contributed by atoms with Crippen LogP contribution < -0.4 is 5.32 Å². The smallest absolute Gasteiger partial charge is 0.117 e. The second-order valence-electron chi connectivity index (χ2n) is 8.18. The van der Waals surface area contributed by atoms with Crippen LogP contribution in [-0.4, -0.2) is 21.0 Å². The molecule has 0 amide bonds. The van der Waals surface area contributed by atoms with Gasteiger partial charge in [0.15, 0.2) is 0 Å². The molecule has 4 heteroatoms. The first-order valence-electron chi connectivity index (χ1n) is 11.0. The third kappa shape index (κ3) is 5.89. The molecule has 0 aliphatic rings. The zero-order valence-corrected chi connectivity index (χ0v) is 18.3. The van der Waals surface area contributed by atoms with Crippen LogP contribution in [0.3, 0.4) is 0 Å². The van der Waals surface area contributed by atoms with E-state index in [9.17, 15) is 0 Å². The lowest BCUT2D eigenvalue weighted by atomic mass is 10.1. The van der Waals surface area contributed by atoms with Gasteiger partial charge in [0, 0.05) is 18.2 Å². The number of hydrogen-bond acceptors (Lipinski definition) is 3. The largest absolute Gasteiger partial charge is 0.309 e. The molecule has 31 heavy (non-hydrogen) atoms. The Kier molecular flexibility index (Phi) is 6.90. The molecule has 0 fully saturated rings. The molecule has 0 saturated carbocycles. The Bertz CT molecular complexity index is 1070. The van der Waals surface area contributed by atoms with E-state index in [0.29, 0.717) is 19.1 Å². The summed E-state index contributed by atoms with van der Waals surface area (Å²) in [7, 11) is 0. The average molecular weight is 411 g/mol. The van der Waals surface area contributed by atoms with Crippen molar-refractivity contribution in [3.63, 3.8) is 0 Å². The average Bonchev–Trinajstić information content (AvgIpc) is 3.21. The number of aromatic nitrogens is 3. The summed E-state index contributed by atoms with van der Waals surface area (Å²) in [5.41, 5.74) is 6.89. The minimum Gasteiger partial charge on any atom is -0.309 e. The summed E-state index contributed by atoms with van der Waals surface area (Å²) >= 11 is 0. The molecule has 158 valence electrons. The first-order chi connectivity index (χ1) is 15.2.